The minimum absolute atomic E-state index is 0.217. The lowest BCUT2D eigenvalue weighted by atomic mass is 9.84. The van der Waals surface area contributed by atoms with Gasteiger partial charge in [0.1, 0.15) is 18.0 Å². The van der Waals surface area contributed by atoms with Crippen LogP contribution in [0.5, 0.6) is 5.75 Å². The van der Waals surface area contributed by atoms with Crippen molar-refractivity contribution >= 4 is 11.6 Å². The van der Waals surface area contributed by atoms with Crippen LogP contribution >= 0.6 is 11.6 Å². The summed E-state index contributed by atoms with van der Waals surface area (Å²) in [6.45, 7) is 2.12. The number of halogens is 1. The molecule has 3 aromatic rings. The van der Waals surface area contributed by atoms with Crippen LogP contribution in [-0.2, 0) is 16.9 Å². The summed E-state index contributed by atoms with van der Waals surface area (Å²) < 4.78 is 22.2. The van der Waals surface area contributed by atoms with Gasteiger partial charge in [-0.1, -0.05) is 36.0 Å². The van der Waals surface area contributed by atoms with Crippen molar-refractivity contribution in [2.24, 2.45) is 0 Å². The lowest BCUT2D eigenvalue weighted by Crippen LogP contribution is -2.31. The smallest absolute Gasteiger partial charge is 0.439 e. The van der Waals surface area contributed by atoms with Crippen LogP contribution in [0, 0.1) is 6.92 Å². The van der Waals surface area contributed by atoms with Gasteiger partial charge >= 0.3 is 5.76 Å². The molecular weight excluding hydrogens is 398 g/mol. The fraction of sp³-hybridized carbons (Fsp3) is 0.450. The summed E-state index contributed by atoms with van der Waals surface area (Å²) in [4.78, 5) is 18.2. The van der Waals surface area contributed by atoms with Gasteiger partial charge < -0.3 is 13.9 Å². The molecule has 154 valence electrons. The summed E-state index contributed by atoms with van der Waals surface area (Å²) in [7, 11) is 1.71. The number of hydrogen-bond acceptors (Lipinski definition) is 7. The number of ether oxygens (including phenoxy) is 2. The largest absolute Gasteiger partial charge is 0.486 e. The van der Waals surface area contributed by atoms with E-state index in [2.05, 4.69) is 19.6 Å². The Morgan fingerprint density at radius 2 is 2.07 bits per heavy atom. The van der Waals surface area contributed by atoms with Gasteiger partial charge in [0.05, 0.1) is 10.7 Å². The minimum atomic E-state index is -0.639. The molecule has 0 bridgehead atoms. The molecule has 4 rings (SSSR count). The third-order valence-electron chi connectivity index (χ3n) is 5.34. The monoisotopic (exact) mass is 419 g/mol. The molecule has 0 spiro atoms. The van der Waals surface area contributed by atoms with Gasteiger partial charge in [0.15, 0.2) is 11.6 Å². The lowest BCUT2D eigenvalue weighted by Gasteiger charge is -2.32. The minimum Gasteiger partial charge on any atom is -0.486 e. The SMILES string of the molecule is COC1(c2nc(C)c(COc3ccc(-c4noc(=O)[nH]4)c(Cl)c3)o2)CCCCC1. The maximum atomic E-state index is 11.1. The topological polar surface area (TPSA) is 103 Å². The van der Waals surface area contributed by atoms with Crippen molar-refractivity contribution in [1.82, 2.24) is 15.1 Å². The number of aromatic nitrogens is 3. The Hall–Kier alpha value is -2.58. The van der Waals surface area contributed by atoms with Gasteiger partial charge in [-0.2, -0.15) is 0 Å². The number of aromatic amines is 1. The quantitative estimate of drug-likeness (QED) is 0.632. The zero-order valence-electron chi connectivity index (χ0n) is 16.3. The first-order valence-electron chi connectivity index (χ1n) is 9.51. The predicted molar refractivity (Wildman–Crippen MR) is 105 cm³/mol. The molecule has 1 fully saturated rings. The highest BCUT2D eigenvalue weighted by Crippen LogP contribution is 2.40. The lowest BCUT2D eigenvalue weighted by molar-refractivity contribution is -0.0651. The normalized spacial score (nSPS) is 16.1. The van der Waals surface area contributed by atoms with E-state index in [1.165, 1.54) is 6.42 Å². The van der Waals surface area contributed by atoms with Crippen LogP contribution in [0.2, 0.25) is 5.02 Å². The van der Waals surface area contributed by atoms with Gasteiger partial charge in [-0.05, 0) is 38.0 Å². The summed E-state index contributed by atoms with van der Waals surface area (Å²) in [5.74, 6) is 1.46. The van der Waals surface area contributed by atoms with Crippen LogP contribution < -0.4 is 10.5 Å². The molecule has 1 saturated carbocycles. The zero-order chi connectivity index (χ0) is 20.4. The molecule has 0 unspecified atom stereocenters. The van der Waals surface area contributed by atoms with Crippen LogP contribution in [0.25, 0.3) is 11.4 Å². The summed E-state index contributed by atoms with van der Waals surface area (Å²) >= 11 is 6.29. The van der Waals surface area contributed by atoms with Gasteiger partial charge in [0.25, 0.3) is 0 Å². The predicted octanol–water partition coefficient (Wildman–Crippen LogP) is 4.36. The molecule has 1 aliphatic carbocycles. The Labute approximate surface area is 172 Å². The molecule has 29 heavy (non-hydrogen) atoms. The molecule has 0 atom stereocenters. The number of nitrogens with zero attached hydrogens (tertiary/aromatic N) is 2. The molecule has 1 N–H and O–H groups in total. The Morgan fingerprint density at radius 3 is 2.72 bits per heavy atom. The Bertz CT molecular complexity index is 1050. The van der Waals surface area contributed by atoms with Crippen molar-refractivity contribution in [2.45, 2.75) is 51.2 Å². The number of oxazole rings is 1. The Morgan fingerprint density at radius 1 is 1.28 bits per heavy atom. The van der Waals surface area contributed by atoms with Gasteiger partial charge in [0, 0.05) is 12.7 Å². The van der Waals surface area contributed by atoms with Gasteiger partial charge in [-0.15, -0.1) is 0 Å². The van der Waals surface area contributed by atoms with Crippen molar-refractivity contribution in [3.8, 4) is 17.1 Å². The van der Waals surface area contributed by atoms with E-state index in [-0.39, 0.29) is 12.4 Å². The van der Waals surface area contributed by atoms with Gasteiger partial charge in [-0.3, -0.25) is 9.51 Å². The van der Waals surface area contributed by atoms with Crippen LogP contribution in [-0.4, -0.2) is 22.2 Å². The van der Waals surface area contributed by atoms with Crippen LogP contribution in [0.3, 0.4) is 0 Å². The number of aryl methyl sites for hydroxylation is 1. The van der Waals surface area contributed by atoms with E-state index >= 15 is 0 Å². The zero-order valence-corrected chi connectivity index (χ0v) is 17.0. The highest BCUT2D eigenvalue weighted by molar-refractivity contribution is 6.33. The number of benzene rings is 1. The van der Waals surface area contributed by atoms with E-state index < -0.39 is 11.4 Å². The number of hydrogen-bond donors (Lipinski definition) is 1. The molecule has 9 heteroatoms. The number of rotatable bonds is 6. The number of nitrogens with one attached hydrogen (secondary N) is 1. The maximum absolute atomic E-state index is 11.1. The third kappa shape index (κ3) is 3.95. The summed E-state index contributed by atoms with van der Waals surface area (Å²) in [5.41, 5.74) is 0.882. The van der Waals surface area contributed by atoms with Gasteiger partial charge in [-0.25, -0.2) is 9.78 Å². The van der Waals surface area contributed by atoms with E-state index in [4.69, 9.17) is 25.5 Å². The molecule has 8 nitrogen and oxygen atoms in total. The van der Waals surface area contributed by atoms with Crippen LogP contribution in [0.15, 0.2) is 31.9 Å². The second kappa shape index (κ2) is 8.04. The van der Waals surface area contributed by atoms with Gasteiger partial charge in [0.2, 0.25) is 5.89 Å². The molecule has 0 radical (unpaired) electrons. The first kappa shape index (κ1) is 19.7. The van der Waals surface area contributed by atoms with E-state index in [0.717, 1.165) is 31.4 Å². The van der Waals surface area contributed by atoms with Crippen molar-refractivity contribution in [3.05, 3.63) is 51.1 Å². The fourth-order valence-electron chi connectivity index (χ4n) is 3.66. The molecule has 1 aromatic carbocycles. The van der Waals surface area contributed by atoms with E-state index in [1.54, 1.807) is 25.3 Å². The second-order valence-corrected chi connectivity index (χ2v) is 7.57. The van der Waals surface area contributed by atoms with Crippen LogP contribution in [0.4, 0.5) is 0 Å². The Kier molecular flexibility index (Phi) is 5.47. The molecule has 2 aromatic heterocycles. The standard InChI is InChI=1S/C20H22ClN3O5/c1-12-16(28-18(22-12)20(26-2)8-4-3-5-9-20)11-27-13-6-7-14(15(21)10-13)17-23-19(25)29-24-17/h6-7,10H,3-5,8-9,11H2,1-2H3,(H,23,24,25). The first-order valence-corrected chi connectivity index (χ1v) is 9.89. The number of H-pyrrole nitrogens is 1. The molecule has 0 amide bonds. The molecule has 0 saturated heterocycles. The fourth-order valence-corrected chi connectivity index (χ4v) is 3.92. The second-order valence-electron chi connectivity index (χ2n) is 7.16. The molecule has 1 aliphatic rings. The first-order chi connectivity index (χ1) is 14.0. The maximum Gasteiger partial charge on any atom is 0.439 e. The molecular formula is C20H22ClN3O5. The van der Waals surface area contributed by atoms with Crippen molar-refractivity contribution in [3.63, 3.8) is 0 Å². The summed E-state index contributed by atoms with van der Waals surface area (Å²) in [6.07, 6.45) is 5.22. The third-order valence-corrected chi connectivity index (χ3v) is 5.65. The van der Waals surface area contributed by atoms with Crippen molar-refractivity contribution in [1.29, 1.82) is 0 Å². The van der Waals surface area contributed by atoms with E-state index in [0.29, 0.717) is 28.0 Å². The van der Waals surface area contributed by atoms with E-state index in [9.17, 15) is 4.79 Å². The molecule has 0 aliphatic heterocycles. The number of methoxy groups -OCH3 is 1. The highest BCUT2D eigenvalue weighted by atomic mass is 35.5. The van der Waals surface area contributed by atoms with Crippen LogP contribution in [0.1, 0.15) is 49.4 Å². The highest BCUT2D eigenvalue weighted by Gasteiger charge is 2.39. The average Bonchev–Trinajstić information content (AvgIpc) is 3.33. The Balaban J connectivity index is 1.49. The van der Waals surface area contributed by atoms with E-state index in [1.807, 2.05) is 6.92 Å². The summed E-state index contributed by atoms with van der Waals surface area (Å²) in [6, 6.07) is 5.08. The van der Waals surface area contributed by atoms with Crippen molar-refractivity contribution in [2.75, 3.05) is 7.11 Å². The summed E-state index contributed by atoms with van der Waals surface area (Å²) in [5, 5.41) is 4.02. The average molecular weight is 420 g/mol. The molecule has 2 heterocycles. The van der Waals surface area contributed by atoms with Crippen molar-refractivity contribution < 1.29 is 18.4 Å².